The molecule has 0 aliphatic rings. The highest BCUT2D eigenvalue weighted by molar-refractivity contribution is 7.99. The van der Waals surface area contributed by atoms with E-state index in [9.17, 15) is 4.79 Å². The summed E-state index contributed by atoms with van der Waals surface area (Å²) in [5, 5.41) is 3.33. The van der Waals surface area contributed by atoms with E-state index >= 15 is 0 Å². The number of rotatable bonds is 9. The van der Waals surface area contributed by atoms with Crippen LogP contribution >= 0.6 is 24.0 Å². The van der Waals surface area contributed by atoms with Crippen molar-refractivity contribution in [2.45, 2.75) is 31.1 Å². The number of nitrogens with one attached hydrogen (secondary N) is 1. The molecular weight excluding hydrogens is 290 g/mol. The van der Waals surface area contributed by atoms with Crippen molar-refractivity contribution in [1.29, 1.82) is 0 Å². The van der Waals surface area contributed by atoms with Crippen LogP contribution in [0.15, 0.2) is 23.1 Å². The minimum absolute atomic E-state index is 0.254. The van der Waals surface area contributed by atoms with Crippen molar-refractivity contribution in [3.05, 3.63) is 23.8 Å². The molecule has 0 unspecified atom stereocenters. The highest BCUT2D eigenvalue weighted by Crippen LogP contribution is 2.28. The molecule has 0 aliphatic carbocycles. The van der Waals surface area contributed by atoms with Gasteiger partial charge in [-0.25, -0.2) is 0 Å². The van der Waals surface area contributed by atoms with Gasteiger partial charge in [0.1, 0.15) is 4.99 Å². The van der Waals surface area contributed by atoms with Gasteiger partial charge in [-0.1, -0.05) is 25.2 Å². The van der Waals surface area contributed by atoms with Gasteiger partial charge in [-0.15, -0.1) is 11.8 Å². The van der Waals surface area contributed by atoms with Gasteiger partial charge in [-0.2, -0.15) is 0 Å². The summed E-state index contributed by atoms with van der Waals surface area (Å²) in [5.74, 6) is 0.715. The lowest BCUT2D eigenvalue weighted by molar-refractivity contribution is -0.118. The number of carbonyl (C=O) groups excluding carboxylic acids is 1. The van der Waals surface area contributed by atoms with Crippen LogP contribution in [0.2, 0.25) is 0 Å². The first-order valence-electron chi connectivity index (χ1n) is 6.64. The number of carbonyl (C=O) groups is 1. The van der Waals surface area contributed by atoms with E-state index in [-0.39, 0.29) is 5.91 Å². The summed E-state index contributed by atoms with van der Waals surface area (Å²) in [6.07, 6.45) is 2.09. The van der Waals surface area contributed by atoms with Gasteiger partial charge in [0.15, 0.2) is 0 Å². The summed E-state index contributed by atoms with van der Waals surface area (Å²) < 4.78 is 0. The topological polar surface area (TPSA) is 81.1 Å². The number of unbranched alkanes of at least 4 members (excludes halogenated alkanes) is 1. The predicted molar refractivity (Wildman–Crippen MR) is 90.3 cm³/mol. The molecule has 4 nitrogen and oxygen atoms in total. The van der Waals surface area contributed by atoms with Crippen LogP contribution < -0.4 is 16.8 Å². The monoisotopic (exact) mass is 311 g/mol. The van der Waals surface area contributed by atoms with E-state index in [1.54, 1.807) is 11.8 Å². The number of primary amides is 1. The molecule has 0 atom stereocenters. The highest BCUT2D eigenvalue weighted by atomic mass is 32.2. The second-order valence-corrected chi connectivity index (χ2v) is 6.07. The van der Waals surface area contributed by atoms with Crippen molar-refractivity contribution in [3.63, 3.8) is 0 Å². The van der Waals surface area contributed by atoms with Crippen molar-refractivity contribution in [2.75, 3.05) is 17.6 Å². The Morgan fingerprint density at radius 1 is 1.35 bits per heavy atom. The first-order valence-corrected chi connectivity index (χ1v) is 8.03. The molecular formula is C14H21N3OS2. The molecule has 0 heterocycles. The van der Waals surface area contributed by atoms with Crippen LogP contribution in [-0.4, -0.2) is 23.2 Å². The number of thiocarbonyl (C=S) groups is 1. The third-order valence-electron chi connectivity index (χ3n) is 2.74. The van der Waals surface area contributed by atoms with E-state index in [2.05, 4.69) is 12.2 Å². The number of anilines is 1. The number of hydrogen-bond donors (Lipinski definition) is 3. The molecule has 0 aliphatic heterocycles. The fraction of sp³-hybridized carbons (Fsp3) is 0.429. The standard InChI is InChI=1S/C14H21N3OS2/c1-2-20-11-7-5-6-10(13(11)14(16)19)17-9-4-3-8-12(15)18/h5-7,17H,2-4,8-9H2,1H3,(H2,15,18)(H2,16,19). The van der Waals surface area contributed by atoms with Crippen LogP contribution in [0.3, 0.4) is 0 Å². The van der Waals surface area contributed by atoms with Crippen molar-refractivity contribution in [3.8, 4) is 0 Å². The predicted octanol–water partition coefficient (Wildman–Crippen LogP) is 2.50. The summed E-state index contributed by atoms with van der Waals surface area (Å²) in [5.41, 5.74) is 12.8. The lowest BCUT2D eigenvalue weighted by Gasteiger charge is -2.14. The molecule has 1 amide bonds. The van der Waals surface area contributed by atoms with Crippen molar-refractivity contribution < 1.29 is 4.79 Å². The van der Waals surface area contributed by atoms with E-state index in [4.69, 9.17) is 23.7 Å². The van der Waals surface area contributed by atoms with E-state index < -0.39 is 0 Å². The minimum Gasteiger partial charge on any atom is -0.389 e. The fourth-order valence-electron chi connectivity index (χ4n) is 1.86. The van der Waals surface area contributed by atoms with E-state index in [0.29, 0.717) is 11.4 Å². The Balaban J connectivity index is 2.66. The first kappa shape index (κ1) is 16.8. The van der Waals surface area contributed by atoms with Crippen LogP contribution in [0.25, 0.3) is 0 Å². The maximum Gasteiger partial charge on any atom is 0.217 e. The minimum atomic E-state index is -0.254. The first-order chi connectivity index (χ1) is 9.56. The molecule has 0 bridgehead atoms. The molecule has 20 heavy (non-hydrogen) atoms. The van der Waals surface area contributed by atoms with Gasteiger partial charge in [-0.3, -0.25) is 4.79 Å². The molecule has 0 spiro atoms. The Morgan fingerprint density at radius 3 is 2.70 bits per heavy atom. The highest BCUT2D eigenvalue weighted by Gasteiger charge is 2.10. The maximum absolute atomic E-state index is 10.7. The SMILES string of the molecule is CCSc1cccc(NCCCCC(N)=O)c1C(N)=S. The van der Waals surface area contributed by atoms with Crippen LogP contribution in [0.1, 0.15) is 31.7 Å². The summed E-state index contributed by atoms with van der Waals surface area (Å²) in [6.45, 7) is 2.86. The van der Waals surface area contributed by atoms with Gasteiger partial charge in [0.05, 0.1) is 0 Å². The molecule has 1 aromatic carbocycles. The zero-order valence-corrected chi connectivity index (χ0v) is 13.3. The summed E-state index contributed by atoms with van der Waals surface area (Å²) in [6, 6.07) is 5.99. The summed E-state index contributed by atoms with van der Waals surface area (Å²) >= 11 is 6.87. The van der Waals surface area contributed by atoms with Crippen LogP contribution in [0, 0.1) is 0 Å². The average molecular weight is 311 g/mol. The Kier molecular flexibility index (Phi) is 7.40. The Morgan fingerprint density at radius 2 is 2.10 bits per heavy atom. The molecule has 1 rings (SSSR count). The number of amides is 1. The fourth-order valence-corrected chi connectivity index (χ4v) is 2.99. The Labute approximate surface area is 129 Å². The molecule has 0 saturated carbocycles. The lowest BCUT2D eigenvalue weighted by atomic mass is 10.1. The number of hydrogen-bond acceptors (Lipinski definition) is 4. The van der Waals surface area contributed by atoms with E-state index in [1.807, 2.05) is 18.2 Å². The normalized spacial score (nSPS) is 10.2. The Bertz CT molecular complexity index is 477. The molecule has 6 heteroatoms. The van der Waals surface area contributed by atoms with Crippen molar-refractivity contribution >= 4 is 40.6 Å². The van der Waals surface area contributed by atoms with Gasteiger partial charge in [0, 0.05) is 29.1 Å². The molecule has 0 fully saturated rings. The Hall–Kier alpha value is -1.27. The zero-order valence-electron chi connectivity index (χ0n) is 11.6. The third-order valence-corrected chi connectivity index (χ3v) is 3.88. The van der Waals surface area contributed by atoms with Crippen LogP contribution in [-0.2, 0) is 4.79 Å². The van der Waals surface area contributed by atoms with Gasteiger partial charge in [-0.05, 0) is 30.7 Å². The van der Waals surface area contributed by atoms with Crippen molar-refractivity contribution in [1.82, 2.24) is 0 Å². The average Bonchev–Trinajstić information content (AvgIpc) is 2.38. The molecule has 0 aromatic heterocycles. The summed E-state index contributed by atoms with van der Waals surface area (Å²) in [7, 11) is 0. The number of nitrogens with two attached hydrogens (primary N) is 2. The van der Waals surface area contributed by atoms with Crippen LogP contribution in [0.5, 0.6) is 0 Å². The maximum atomic E-state index is 10.7. The van der Waals surface area contributed by atoms with Gasteiger partial charge in [0.2, 0.25) is 5.91 Å². The molecule has 5 N–H and O–H groups in total. The molecule has 110 valence electrons. The smallest absolute Gasteiger partial charge is 0.217 e. The van der Waals surface area contributed by atoms with E-state index in [1.165, 1.54) is 0 Å². The van der Waals surface area contributed by atoms with Gasteiger partial charge < -0.3 is 16.8 Å². The third kappa shape index (κ3) is 5.38. The van der Waals surface area contributed by atoms with E-state index in [0.717, 1.165) is 41.3 Å². The van der Waals surface area contributed by atoms with Gasteiger partial charge in [0.25, 0.3) is 0 Å². The number of thioether (sulfide) groups is 1. The largest absolute Gasteiger partial charge is 0.389 e. The lowest BCUT2D eigenvalue weighted by Crippen LogP contribution is -2.15. The number of benzene rings is 1. The second kappa shape index (κ2) is 8.81. The van der Waals surface area contributed by atoms with Crippen LogP contribution in [0.4, 0.5) is 5.69 Å². The zero-order chi connectivity index (χ0) is 15.0. The molecule has 1 aromatic rings. The second-order valence-electron chi connectivity index (χ2n) is 4.33. The molecule has 0 saturated heterocycles. The quantitative estimate of drug-likeness (QED) is 0.371. The van der Waals surface area contributed by atoms with Crippen molar-refractivity contribution in [2.24, 2.45) is 11.5 Å². The molecule has 0 radical (unpaired) electrons. The van der Waals surface area contributed by atoms with Gasteiger partial charge >= 0.3 is 0 Å². The summed E-state index contributed by atoms with van der Waals surface area (Å²) in [4.78, 5) is 12.2.